The Labute approximate surface area is 382 Å². The average Bonchev–Trinajstić information content (AvgIpc) is 3.79. The van der Waals surface area contributed by atoms with Crippen LogP contribution in [0.15, 0.2) is 253 Å². The maximum Gasteiger partial charge on any atom is 0.145 e. The van der Waals surface area contributed by atoms with E-state index in [9.17, 15) is 0 Å². The van der Waals surface area contributed by atoms with Crippen molar-refractivity contribution < 1.29 is 4.42 Å². The Kier molecular flexibility index (Phi) is 8.89. The number of para-hydroxylation sites is 2. The van der Waals surface area contributed by atoms with Crippen LogP contribution in [-0.4, -0.2) is 0 Å². The summed E-state index contributed by atoms with van der Waals surface area (Å²) in [6.07, 6.45) is 0. The minimum atomic E-state index is 0.857. The molecule has 0 amide bonds. The number of anilines is 3. The van der Waals surface area contributed by atoms with E-state index in [1.807, 2.05) is 0 Å². The molecule has 1 aromatic heterocycles. The van der Waals surface area contributed by atoms with Crippen molar-refractivity contribution in [1.29, 1.82) is 0 Å². The predicted octanol–water partition coefficient (Wildman–Crippen LogP) is 18.3. The van der Waals surface area contributed by atoms with Gasteiger partial charge >= 0.3 is 0 Å². The number of hydrogen-bond donors (Lipinski definition) is 0. The largest absolute Gasteiger partial charge is 0.455 e. The number of hydrogen-bond acceptors (Lipinski definition) is 2. The number of rotatable bonds is 7. The highest BCUT2D eigenvalue weighted by atomic mass is 16.3. The third kappa shape index (κ3) is 6.18. The van der Waals surface area contributed by atoms with Crippen LogP contribution >= 0.6 is 0 Å². The zero-order valence-corrected chi connectivity index (χ0v) is 36.0. The smallest absolute Gasteiger partial charge is 0.145 e. The summed E-state index contributed by atoms with van der Waals surface area (Å²) in [4.78, 5) is 2.45. The molecule has 308 valence electrons. The maximum absolute atomic E-state index is 6.99. The van der Waals surface area contributed by atoms with E-state index in [-0.39, 0.29) is 0 Å². The Morgan fingerprint density at radius 1 is 0.273 bits per heavy atom. The fourth-order valence-corrected chi connectivity index (χ4v) is 10.4. The Morgan fingerprint density at radius 3 is 1.59 bits per heavy atom. The highest BCUT2D eigenvalue weighted by Gasteiger charge is 2.25. The molecule has 0 radical (unpaired) electrons. The molecular weight excluding hydrogens is 799 g/mol. The summed E-state index contributed by atoms with van der Waals surface area (Å²) in [7, 11) is 0. The standard InChI is InChI=1S/C64H41NO/c1-2-16-42(17-3-1)43-32-34-45(35-33-43)50-23-10-12-30-60(50)65(61-39-38-57(51-29-15-19-44-18-4-5-22-49(44)51)64-63(61)58-28-11-13-31-62(58)66-64)48-21-14-20-46(40-48)47-36-37-56-54-26-7-6-24-52(54)53-25-8-9-27-55(53)59(56)41-47/h1-41H. The molecule has 0 N–H and O–H groups in total. The van der Waals surface area contributed by atoms with Gasteiger partial charge in [0.2, 0.25) is 0 Å². The number of furan rings is 1. The average molecular weight is 840 g/mol. The molecule has 2 heteroatoms. The van der Waals surface area contributed by atoms with Crippen LogP contribution in [0.3, 0.4) is 0 Å². The van der Waals surface area contributed by atoms with Crippen LogP contribution in [0, 0.1) is 0 Å². The number of fused-ring (bicyclic) bond motifs is 10. The molecule has 0 spiro atoms. The van der Waals surface area contributed by atoms with E-state index in [2.05, 4.69) is 254 Å². The summed E-state index contributed by atoms with van der Waals surface area (Å²) in [5.74, 6) is 0. The maximum atomic E-state index is 6.99. The van der Waals surface area contributed by atoms with E-state index in [1.165, 1.54) is 59.8 Å². The van der Waals surface area contributed by atoms with Gasteiger partial charge in [0, 0.05) is 22.2 Å². The summed E-state index contributed by atoms with van der Waals surface area (Å²) in [5.41, 5.74) is 14.1. The van der Waals surface area contributed by atoms with Gasteiger partial charge in [0.25, 0.3) is 0 Å². The number of nitrogens with zero attached hydrogens (tertiary/aromatic N) is 1. The monoisotopic (exact) mass is 839 g/mol. The van der Waals surface area contributed by atoms with Crippen LogP contribution in [0.2, 0.25) is 0 Å². The van der Waals surface area contributed by atoms with Crippen molar-refractivity contribution in [2.75, 3.05) is 4.90 Å². The molecule has 0 bridgehead atoms. The van der Waals surface area contributed by atoms with Gasteiger partial charge in [0.1, 0.15) is 11.2 Å². The first-order chi connectivity index (χ1) is 32.7. The predicted molar refractivity (Wildman–Crippen MR) is 280 cm³/mol. The molecule has 66 heavy (non-hydrogen) atoms. The third-order valence-corrected chi connectivity index (χ3v) is 13.5. The lowest BCUT2D eigenvalue weighted by atomic mass is 9.92. The van der Waals surface area contributed by atoms with Crippen molar-refractivity contribution in [3.8, 4) is 44.5 Å². The van der Waals surface area contributed by atoms with Gasteiger partial charge in [-0.05, 0) is 119 Å². The van der Waals surface area contributed by atoms with Gasteiger partial charge in [0.15, 0.2) is 0 Å². The minimum absolute atomic E-state index is 0.857. The molecule has 12 aromatic carbocycles. The SMILES string of the molecule is c1ccc(-c2ccc(-c3ccccc3N(c3cccc(-c4ccc5c6ccccc6c6ccccc6c5c4)c3)c3ccc(-c4cccc5ccccc45)c4oc5ccccc5c34)cc2)cc1. The van der Waals surface area contributed by atoms with Crippen LogP contribution in [-0.2, 0) is 0 Å². The van der Waals surface area contributed by atoms with Crippen molar-refractivity contribution in [2.45, 2.75) is 0 Å². The minimum Gasteiger partial charge on any atom is -0.455 e. The van der Waals surface area contributed by atoms with Crippen molar-refractivity contribution in [2.24, 2.45) is 0 Å². The highest BCUT2D eigenvalue weighted by molar-refractivity contribution is 6.26. The summed E-state index contributed by atoms with van der Waals surface area (Å²) < 4.78 is 6.99. The molecule has 0 aliphatic carbocycles. The normalized spacial score (nSPS) is 11.6. The van der Waals surface area contributed by atoms with Crippen LogP contribution in [0.5, 0.6) is 0 Å². The van der Waals surface area contributed by atoms with Crippen molar-refractivity contribution in [3.63, 3.8) is 0 Å². The first-order valence-electron chi connectivity index (χ1n) is 22.7. The van der Waals surface area contributed by atoms with Crippen molar-refractivity contribution in [1.82, 2.24) is 0 Å². The topological polar surface area (TPSA) is 16.4 Å². The molecule has 2 nitrogen and oxygen atoms in total. The lowest BCUT2D eigenvalue weighted by Crippen LogP contribution is -2.12. The molecule has 0 aliphatic rings. The van der Waals surface area contributed by atoms with Gasteiger partial charge in [0.05, 0.1) is 16.8 Å². The Morgan fingerprint density at radius 2 is 0.803 bits per heavy atom. The van der Waals surface area contributed by atoms with E-state index in [4.69, 9.17) is 4.42 Å². The quantitative estimate of drug-likeness (QED) is 0.149. The highest BCUT2D eigenvalue weighted by Crippen LogP contribution is 2.49. The zero-order valence-electron chi connectivity index (χ0n) is 36.0. The second kappa shape index (κ2) is 15.5. The molecule has 13 aromatic rings. The van der Waals surface area contributed by atoms with Gasteiger partial charge in [-0.3, -0.25) is 0 Å². The number of benzene rings is 12. The zero-order chi connectivity index (χ0) is 43.6. The van der Waals surface area contributed by atoms with Gasteiger partial charge in [-0.25, -0.2) is 0 Å². The van der Waals surface area contributed by atoms with Gasteiger partial charge in [-0.2, -0.15) is 0 Å². The molecule has 13 rings (SSSR count). The van der Waals surface area contributed by atoms with Crippen LogP contribution in [0.4, 0.5) is 17.1 Å². The van der Waals surface area contributed by atoms with E-state index in [0.29, 0.717) is 0 Å². The van der Waals surface area contributed by atoms with Crippen LogP contribution < -0.4 is 4.90 Å². The fourth-order valence-electron chi connectivity index (χ4n) is 10.4. The molecular formula is C64H41NO. The Hall–Kier alpha value is -8.72. The van der Waals surface area contributed by atoms with E-state index in [0.717, 1.165) is 66.8 Å². The molecule has 1 heterocycles. The van der Waals surface area contributed by atoms with Crippen LogP contribution in [0.25, 0.3) is 110 Å². The summed E-state index contributed by atoms with van der Waals surface area (Å²) >= 11 is 0. The van der Waals surface area contributed by atoms with Gasteiger partial charge in [-0.15, -0.1) is 0 Å². The molecule has 0 aliphatic heterocycles. The Balaban J connectivity index is 1.05. The molecule has 0 saturated carbocycles. The summed E-state index contributed by atoms with van der Waals surface area (Å²) in [6.45, 7) is 0. The van der Waals surface area contributed by atoms with Gasteiger partial charge < -0.3 is 9.32 Å². The molecule has 0 saturated heterocycles. The van der Waals surface area contributed by atoms with Crippen LogP contribution in [0.1, 0.15) is 0 Å². The van der Waals surface area contributed by atoms with E-state index >= 15 is 0 Å². The van der Waals surface area contributed by atoms with Crippen molar-refractivity contribution >= 4 is 82.1 Å². The first-order valence-corrected chi connectivity index (χ1v) is 22.7. The third-order valence-electron chi connectivity index (χ3n) is 13.5. The lowest BCUT2D eigenvalue weighted by molar-refractivity contribution is 0.670. The summed E-state index contributed by atoms with van der Waals surface area (Å²) in [6, 6.07) is 90.2. The van der Waals surface area contributed by atoms with E-state index in [1.54, 1.807) is 0 Å². The summed E-state index contributed by atoms with van der Waals surface area (Å²) in [5, 5.41) is 12.1. The second-order valence-corrected chi connectivity index (χ2v) is 17.2. The first kappa shape index (κ1) is 37.8. The van der Waals surface area contributed by atoms with Gasteiger partial charge in [-0.1, -0.05) is 206 Å². The Bertz CT molecular complexity index is 3950. The second-order valence-electron chi connectivity index (χ2n) is 17.2. The molecule has 0 unspecified atom stereocenters. The molecule has 0 atom stereocenters. The lowest BCUT2D eigenvalue weighted by Gasteiger charge is -2.29. The fraction of sp³-hybridized carbons (Fsp3) is 0. The molecule has 0 fully saturated rings. The van der Waals surface area contributed by atoms with Crippen molar-refractivity contribution in [3.05, 3.63) is 249 Å². The van der Waals surface area contributed by atoms with E-state index < -0.39 is 0 Å².